The van der Waals surface area contributed by atoms with Crippen LogP contribution in [0.2, 0.25) is 0 Å². The molecule has 0 unspecified atom stereocenters. The number of hydrogen-bond acceptors (Lipinski definition) is 5. The van der Waals surface area contributed by atoms with Gasteiger partial charge in [-0.3, -0.25) is 19.7 Å². The Bertz CT molecular complexity index is 906. The third-order valence-corrected chi connectivity index (χ3v) is 4.60. The summed E-state index contributed by atoms with van der Waals surface area (Å²) < 4.78 is 5.49. The lowest BCUT2D eigenvalue weighted by Crippen LogP contribution is -2.32. The first-order valence-electron chi connectivity index (χ1n) is 9.01. The average molecular weight is 383 g/mol. The number of benzene rings is 2. The minimum Gasteiger partial charge on any atom is -0.376 e. The van der Waals surface area contributed by atoms with Crippen LogP contribution in [0.15, 0.2) is 42.5 Å². The van der Waals surface area contributed by atoms with Gasteiger partial charge in [0.15, 0.2) is 0 Å². The molecule has 146 valence electrons. The van der Waals surface area contributed by atoms with E-state index in [-0.39, 0.29) is 23.3 Å². The molecule has 1 atom stereocenters. The smallest absolute Gasteiger partial charge is 0.273 e. The van der Waals surface area contributed by atoms with Crippen LogP contribution in [0.1, 0.15) is 39.1 Å². The summed E-state index contributed by atoms with van der Waals surface area (Å²) in [5, 5.41) is 16.6. The van der Waals surface area contributed by atoms with Crippen molar-refractivity contribution in [1.82, 2.24) is 5.32 Å². The Labute approximate surface area is 162 Å². The quantitative estimate of drug-likeness (QED) is 0.588. The lowest BCUT2D eigenvalue weighted by atomic mass is 10.1. The molecule has 0 bridgehead atoms. The van der Waals surface area contributed by atoms with E-state index in [1.54, 1.807) is 31.2 Å². The van der Waals surface area contributed by atoms with Crippen LogP contribution in [0.5, 0.6) is 0 Å². The number of nitrogens with one attached hydrogen (secondary N) is 2. The maximum atomic E-state index is 12.6. The minimum atomic E-state index is -0.529. The molecule has 8 nitrogen and oxygen atoms in total. The highest BCUT2D eigenvalue weighted by Gasteiger charge is 2.20. The number of anilines is 1. The number of carbonyl (C=O) groups excluding carboxylic acids is 2. The molecule has 1 saturated heterocycles. The van der Waals surface area contributed by atoms with Gasteiger partial charge < -0.3 is 15.4 Å². The number of carbonyl (C=O) groups is 2. The Morgan fingerprint density at radius 2 is 2.00 bits per heavy atom. The zero-order valence-corrected chi connectivity index (χ0v) is 15.4. The molecule has 1 fully saturated rings. The Hall–Kier alpha value is -3.26. The van der Waals surface area contributed by atoms with Crippen LogP contribution in [0, 0.1) is 17.0 Å². The van der Waals surface area contributed by atoms with Crippen LogP contribution in [0.3, 0.4) is 0 Å². The summed E-state index contributed by atoms with van der Waals surface area (Å²) in [4.78, 5) is 35.6. The number of nitrogens with zero attached hydrogens (tertiary/aromatic N) is 1. The summed E-state index contributed by atoms with van der Waals surface area (Å²) in [5.74, 6) is -0.844. The molecule has 0 aromatic heterocycles. The molecule has 0 radical (unpaired) electrons. The average Bonchev–Trinajstić information content (AvgIpc) is 3.20. The van der Waals surface area contributed by atoms with Crippen LogP contribution in [-0.4, -0.2) is 36.0 Å². The van der Waals surface area contributed by atoms with Crippen molar-refractivity contribution in [3.05, 3.63) is 69.3 Å². The van der Waals surface area contributed by atoms with Crippen LogP contribution in [-0.2, 0) is 4.74 Å². The molecule has 1 aliphatic rings. The highest BCUT2D eigenvalue weighted by atomic mass is 16.6. The van der Waals surface area contributed by atoms with Crippen molar-refractivity contribution in [1.29, 1.82) is 0 Å². The summed E-state index contributed by atoms with van der Waals surface area (Å²) in [6.45, 7) is 2.72. The van der Waals surface area contributed by atoms with Crippen molar-refractivity contribution in [3.63, 3.8) is 0 Å². The van der Waals surface area contributed by atoms with Crippen molar-refractivity contribution in [2.45, 2.75) is 25.9 Å². The van der Waals surface area contributed by atoms with Gasteiger partial charge in [0.2, 0.25) is 0 Å². The number of ether oxygens (including phenoxy) is 1. The summed E-state index contributed by atoms with van der Waals surface area (Å²) in [7, 11) is 0. The molecule has 8 heteroatoms. The first-order valence-corrected chi connectivity index (χ1v) is 9.01. The molecule has 3 rings (SSSR count). The largest absolute Gasteiger partial charge is 0.376 e. The Balaban J connectivity index is 1.73. The van der Waals surface area contributed by atoms with E-state index in [1.807, 2.05) is 0 Å². The van der Waals surface area contributed by atoms with Crippen molar-refractivity contribution >= 4 is 23.2 Å². The van der Waals surface area contributed by atoms with E-state index in [9.17, 15) is 19.7 Å². The fourth-order valence-corrected chi connectivity index (χ4v) is 3.04. The van der Waals surface area contributed by atoms with Gasteiger partial charge in [-0.1, -0.05) is 18.2 Å². The number of amides is 2. The number of para-hydroxylation sites is 1. The second-order valence-corrected chi connectivity index (χ2v) is 6.60. The predicted octanol–water partition coefficient (Wildman–Crippen LogP) is 3.06. The van der Waals surface area contributed by atoms with Gasteiger partial charge in [-0.05, 0) is 38.0 Å². The van der Waals surface area contributed by atoms with E-state index in [2.05, 4.69) is 10.6 Å². The molecule has 1 heterocycles. The summed E-state index contributed by atoms with van der Waals surface area (Å²) in [6, 6.07) is 10.9. The minimum absolute atomic E-state index is 0.0128. The highest BCUT2D eigenvalue weighted by molar-refractivity contribution is 6.09. The molecule has 2 N–H and O–H groups in total. The molecule has 2 aromatic rings. The van der Waals surface area contributed by atoms with E-state index in [4.69, 9.17) is 4.74 Å². The fraction of sp³-hybridized carbons (Fsp3) is 0.300. The number of hydrogen-bond donors (Lipinski definition) is 2. The first kappa shape index (κ1) is 19.5. The first-order chi connectivity index (χ1) is 13.5. The molecule has 0 aliphatic carbocycles. The van der Waals surface area contributed by atoms with Crippen molar-refractivity contribution in [2.75, 3.05) is 18.5 Å². The van der Waals surface area contributed by atoms with E-state index in [0.29, 0.717) is 30.0 Å². The van der Waals surface area contributed by atoms with Crippen LogP contribution in [0.4, 0.5) is 11.4 Å². The van der Waals surface area contributed by atoms with Gasteiger partial charge in [0.1, 0.15) is 0 Å². The molecular formula is C20H21N3O5. The Kier molecular flexibility index (Phi) is 6.00. The molecule has 2 amide bonds. The van der Waals surface area contributed by atoms with Crippen LogP contribution >= 0.6 is 0 Å². The number of rotatable bonds is 6. The standard InChI is InChI=1S/C20H21N3O5/c1-13-8-9-14(11-18(13)23(26)27)19(24)22-17-7-3-2-6-16(17)20(25)21-12-15-5-4-10-28-15/h2-3,6-9,11,15H,4-5,10,12H2,1H3,(H,21,25)(H,22,24)/t15-/m0/s1. The monoisotopic (exact) mass is 383 g/mol. The molecule has 1 aliphatic heterocycles. The predicted molar refractivity (Wildman–Crippen MR) is 104 cm³/mol. The molecule has 0 spiro atoms. The normalized spacial score (nSPS) is 15.8. The SMILES string of the molecule is Cc1ccc(C(=O)Nc2ccccc2C(=O)NC[C@@H]2CCCO2)cc1[N+](=O)[O-]. The summed E-state index contributed by atoms with van der Waals surface area (Å²) >= 11 is 0. The van der Waals surface area contributed by atoms with E-state index in [0.717, 1.165) is 12.8 Å². The third-order valence-electron chi connectivity index (χ3n) is 4.60. The van der Waals surface area contributed by atoms with Crippen LogP contribution in [0.25, 0.3) is 0 Å². The summed E-state index contributed by atoms with van der Waals surface area (Å²) in [5.41, 5.74) is 1.13. The van der Waals surface area contributed by atoms with Crippen molar-refractivity contribution < 1.29 is 19.2 Å². The molecule has 28 heavy (non-hydrogen) atoms. The maximum absolute atomic E-state index is 12.6. The second kappa shape index (κ2) is 8.62. The molecular weight excluding hydrogens is 362 g/mol. The van der Waals surface area contributed by atoms with Gasteiger partial charge in [0.05, 0.1) is 22.3 Å². The summed E-state index contributed by atoms with van der Waals surface area (Å²) in [6.07, 6.45) is 1.90. The molecule has 2 aromatic carbocycles. The molecule has 0 saturated carbocycles. The maximum Gasteiger partial charge on any atom is 0.273 e. The number of aryl methyl sites for hydroxylation is 1. The third kappa shape index (κ3) is 4.52. The second-order valence-electron chi connectivity index (χ2n) is 6.60. The lowest BCUT2D eigenvalue weighted by molar-refractivity contribution is -0.385. The van der Waals surface area contributed by atoms with Gasteiger partial charge in [0.25, 0.3) is 17.5 Å². The van der Waals surface area contributed by atoms with E-state index < -0.39 is 10.8 Å². The van der Waals surface area contributed by atoms with Crippen LogP contribution < -0.4 is 10.6 Å². The van der Waals surface area contributed by atoms with Gasteiger partial charge in [0, 0.05) is 30.3 Å². The Morgan fingerprint density at radius 1 is 1.21 bits per heavy atom. The number of nitro benzene ring substituents is 1. The van der Waals surface area contributed by atoms with E-state index in [1.165, 1.54) is 18.2 Å². The van der Waals surface area contributed by atoms with Crippen molar-refractivity contribution in [2.24, 2.45) is 0 Å². The highest BCUT2D eigenvalue weighted by Crippen LogP contribution is 2.21. The van der Waals surface area contributed by atoms with Gasteiger partial charge in [-0.2, -0.15) is 0 Å². The zero-order chi connectivity index (χ0) is 20.1. The van der Waals surface area contributed by atoms with Gasteiger partial charge in [-0.15, -0.1) is 0 Å². The van der Waals surface area contributed by atoms with E-state index >= 15 is 0 Å². The van der Waals surface area contributed by atoms with Gasteiger partial charge >= 0.3 is 0 Å². The van der Waals surface area contributed by atoms with Crippen molar-refractivity contribution in [3.8, 4) is 0 Å². The van der Waals surface area contributed by atoms with Gasteiger partial charge in [-0.25, -0.2) is 0 Å². The fourth-order valence-electron chi connectivity index (χ4n) is 3.04. The number of nitro groups is 1. The Morgan fingerprint density at radius 3 is 2.71 bits per heavy atom. The lowest BCUT2D eigenvalue weighted by Gasteiger charge is -2.14. The topological polar surface area (TPSA) is 111 Å². The zero-order valence-electron chi connectivity index (χ0n) is 15.4.